The molecule has 2 aliphatic rings. The number of nitrogens with zero attached hydrogens (tertiary/aromatic N) is 2. The van der Waals surface area contributed by atoms with E-state index in [0.29, 0.717) is 50.5 Å². The van der Waals surface area contributed by atoms with Crippen molar-refractivity contribution >= 4 is 29.2 Å². The number of hydrogen-bond donors (Lipinski definition) is 0. The molecule has 1 aromatic carbocycles. The fourth-order valence-electron chi connectivity index (χ4n) is 3.20. The predicted molar refractivity (Wildman–Crippen MR) is 90.7 cm³/mol. The number of hydrogen-bond acceptors (Lipinski definition) is 3. The molecule has 0 radical (unpaired) electrons. The van der Waals surface area contributed by atoms with Gasteiger partial charge in [0, 0.05) is 44.0 Å². The van der Waals surface area contributed by atoms with Crippen LogP contribution in [0.2, 0.25) is 5.02 Å². The summed E-state index contributed by atoms with van der Waals surface area (Å²) >= 11 is 5.86. The number of ketones is 1. The van der Waals surface area contributed by atoms with E-state index < -0.39 is 0 Å². The Balaban J connectivity index is 1.53. The maximum Gasteiger partial charge on any atom is 0.227 e. The molecule has 0 bridgehead atoms. The molecular weight excluding hydrogens is 328 g/mol. The van der Waals surface area contributed by atoms with Crippen molar-refractivity contribution in [2.75, 3.05) is 26.2 Å². The minimum Gasteiger partial charge on any atom is -0.341 e. The average Bonchev–Trinajstić information content (AvgIpc) is 2.79. The minimum atomic E-state index is -0.131. The SMILES string of the molecule is O=C1CC(C(=O)N2CCCN(C(=O)Cc3ccc(Cl)cc3)CC2)C1. The van der Waals surface area contributed by atoms with E-state index in [9.17, 15) is 14.4 Å². The Labute approximate surface area is 146 Å². The van der Waals surface area contributed by atoms with E-state index in [1.807, 2.05) is 21.9 Å². The van der Waals surface area contributed by atoms with Crippen molar-refractivity contribution in [3.8, 4) is 0 Å². The summed E-state index contributed by atoms with van der Waals surface area (Å²) in [5.41, 5.74) is 0.939. The molecular formula is C18H21ClN2O3. The Morgan fingerprint density at radius 2 is 1.62 bits per heavy atom. The molecule has 1 heterocycles. The second-order valence-electron chi connectivity index (χ2n) is 6.51. The van der Waals surface area contributed by atoms with Crippen molar-refractivity contribution in [1.82, 2.24) is 9.80 Å². The third kappa shape index (κ3) is 3.96. The molecule has 0 atom stereocenters. The summed E-state index contributed by atoms with van der Waals surface area (Å²) in [6.07, 6.45) is 1.89. The van der Waals surface area contributed by atoms with Gasteiger partial charge in [-0.05, 0) is 24.1 Å². The number of benzene rings is 1. The van der Waals surface area contributed by atoms with Crippen molar-refractivity contribution in [3.05, 3.63) is 34.9 Å². The number of Topliss-reactive ketones (excluding diaryl/α,β-unsaturated/α-hetero) is 1. The Morgan fingerprint density at radius 1 is 1.00 bits per heavy atom. The third-order valence-electron chi connectivity index (χ3n) is 4.73. The van der Waals surface area contributed by atoms with E-state index in [2.05, 4.69) is 0 Å². The lowest BCUT2D eigenvalue weighted by Gasteiger charge is -2.30. The van der Waals surface area contributed by atoms with Gasteiger partial charge in [-0.3, -0.25) is 14.4 Å². The van der Waals surface area contributed by atoms with E-state index >= 15 is 0 Å². The molecule has 2 fully saturated rings. The minimum absolute atomic E-state index is 0.0709. The van der Waals surface area contributed by atoms with Gasteiger partial charge in [-0.2, -0.15) is 0 Å². The van der Waals surface area contributed by atoms with Crippen LogP contribution < -0.4 is 0 Å². The van der Waals surface area contributed by atoms with Crippen LogP contribution >= 0.6 is 11.6 Å². The van der Waals surface area contributed by atoms with Gasteiger partial charge in [0.25, 0.3) is 0 Å². The van der Waals surface area contributed by atoms with E-state index in [4.69, 9.17) is 11.6 Å². The summed E-state index contributed by atoms with van der Waals surface area (Å²) in [7, 11) is 0. The number of rotatable bonds is 3. The molecule has 0 aromatic heterocycles. The van der Waals surface area contributed by atoms with Gasteiger partial charge < -0.3 is 9.80 Å². The third-order valence-corrected chi connectivity index (χ3v) is 4.98. The maximum atomic E-state index is 12.5. The van der Waals surface area contributed by atoms with Gasteiger partial charge in [-0.15, -0.1) is 0 Å². The first kappa shape index (κ1) is 17.0. The molecule has 1 aliphatic heterocycles. The predicted octanol–water partition coefficient (Wildman–Crippen LogP) is 1.92. The zero-order chi connectivity index (χ0) is 17.1. The second-order valence-corrected chi connectivity index (χ2v) is 6.94. The molecule has 3 rings (SSSR count). The van der Waals surface area contributed by atoms with Crippen molar-refractivity contribution in [2.45, 2.75) is 25.7 Å². The standard InChI is InChI=1S/C18H21ClN2O3/c19-15-4-2-13(3-5-15)10-17(23)20-6-1-7-21(9-8-20)18(24)14-11-16(22)12-14/h2-5,14H,1,6-12H2. The Morgan fingerprint density at radius 3 is 2.29 bits per heavy atom. The normalized spacial score (nSPS) is 19.0. The van der Waals surface area contributed by atoms with Gasteiger partial charge in [-0.1, -0.05) is 23.7 Å². The van der Waals surface area contributed by atoms with Gasteiger partial charge in [-0.25, -0.2) is 0 Å². The van der Waals surface area contributed by atoms with Crippen LogP contribution in [0.4, 0.5) is 0 Å². The fraction of sp³-hybridized carbons (Fsp3) is 0.500. The molecule has 24 heavy (non-hydrogen) atoms. The van der Waals surface area contributed by atoms with Gasteiger partial charge in [0.15, 0.2) is 0 Å². The molecule has 6 heteroatoms. The molecule has 1 aromatic rings. The fourth-order valence-corrected chi connectivity index (χ4v) is 3.32. The van der Waals surface area contributed by atoms with Crippen LogP contribution in [0.15, 0.2) is 24.3 Å². The van der Waals surface area contributed by atoms with E-state index in [0.717, 1.165) is 12.0 Å². The van der Waals surface area contributed by atoms with Crippen LogP contribution in [0.1, 0.15) is 24.8 Å². The summed E-state index contributed by atoms with van der Waals surface area (Å²) < 4.78 is 0. The summed E-state index contributed by atoms with van der Waals surface area (Å²) in [6.45, 7) is 2.43. The van der Waals surface area contributed by atoms with Crippen LogP contribution in [-0.4, -0.2) is 53.6 Å². The summed E-state index contributed by atoms with van der Waals surface area (Å²) in [5, 5.41) is 0.657. The molecule has 0 unspecified atom stereocenters. The van der Waals surface area contributed by atoms with Gasteiger partial charge in [0.1, 0.15) is 5.78 Å². The average molecular weight is 349 g/mol. The van der Waals surface area contributed by atoms with Crippen LogP contribution in [0.3, 0.4) is 0 Å². The molecule has 128 valence electrons. The van der Waals surface area contributed by atoms with Gasteiger partial charge >= 0.3 is 0 Å². The molecule has 1 aliphatic carbocycles. The van der Waals surface area contributed by atoms with Crippen molar-refractivity contribution < 1.29 is 14.4 Å². The van der Waals surface area contributed by atoms with Crippen LogP contribution in [0.25, 0.3) is 0 Å². The smallest absolute Gasteiger partial charge is 0.227 e. The van der Waals surface area contributed by atoms with Crippen LogP contribution in [-0.2, 0) is 20.8 Å². The quantitative estimate of drug-likeness (QED) is 0.838. The van der Waals surface area contributed by atoms with E-state index in [1.54, 1.807) is 12.1 Å². The molecule has 1 saturated carbocycles. The molecule has 0 N–H and O–H groups in total. The highest BCUT2D eigenvalue weighted by atomic mass is 35.5. The zero-order valence-corrected chi connectivity index (χ0v) is 14.3. The largest absolute Gasteiger partial charge is 0.341 e. The molecule has 5 nitrogen and oxygen atoms in total. The number of amides is 2. The van der Waals surface area contributed by atoms with E-state index in [1.165, 1.54) is 0 Å². The number of carbonyl (C=O) groups is 3. The Kier molecular flexibility index (Phi) is 5.19. The molecule has 2 amide bonds. The van der Waals surface area contributed by atoms with Crippen molar-refractivity contribution in [1.29, 1.82) is 0 Å². The van der Waals surface area contributed by atoms with Gasteiger partial charge in [0.2, 0.25) is 11.8 Å². The summed E-state index contributed by atoms with van der Waals surface area (Å²) in [6, 6.07) is 7.29. The van der Waals surface area contributed by atoms with Crippen molar-refractivity contribution in [3.63, 3.8) is 0 Å². The van der Waals surface area contributed by atoms with Crippen molar-refractivity contribution in [2.24, 2.45) is 5.92 Å². The summed E-state index contributed by atoms with van der Waals surface area (Å²) in [5.74, 6) is 0.184. The lowest BCUT2D eigenvalue weighted by atomic mass is 9.83. The first-order valence-electron chi connectivity index (χ1n) is 8.35. The first-order chi connectivity index (χ1) is 11.5. The van der Waals surface area contributed by atoms with Crippen LogP contribution in [0.5, 0.6) is 0 Å². The monoisotopic (exact) mass is 348 g/mol. The molecule has 1 saturated heterocycles. The van der Waals surface area contributed by atoms with Crippen LogP contribution in [0, 0.1) is 5.92 Å². The van der Waals surface area contributed by atoms with Gasteiger partial charge in [0.05, 0.1) is 12.3 Å². The highest BCUT2D eigenvalue weighted by Gasteiger charge is 2.36. The highest BCUT2D eigenvalue weighted by Crippen LogP contribution is 2.25. The summed E-state index contributed by atoms with van der Waals surface area (Å²) in [4.78, 5) is 39.5. The number of carbonyl (C=O) groups excluding carboxylic acids is 3. The topological polar surface area (TPSA) is 57.7 Å². The van der Waals surface area contributed by atoms with E-state index in [-0.39, 0.29) is 23.5 Å². The first-order valence-corrected chi connectivity index (χ1v) is 8.73. The molecule has 0 spiro atoms. The Hall–Kier alpha value is -1.88. The lowest BCUT2D eigenvalue weighted by Crippen LogP contribution is -2.44. The Bertz CT molecular complexity index is 636. The highest BCUT2D eigenvalue weighted by molar-refractivity contribution is 6.30. The second kappa shape index (κ2) is 7.34. The number of halogens is 1. The lowest BCUT2D eigenvalue weighted by molar-refractivity contribution is -0.145. The maximum absolute atomic E-state index is 12.5. The zero-order valence-electron chi connectivity index (χ0n) is 13.5.